The molecule has 1 aromatic heterocycles. The summed E-state index contributed by atoms with van der Waals surface area (Å²) in [7, 11) is -3.24. The van der Waals surface area contributed by atoms with E-state index < -0.39 is 44.2 Å². The lowest BCUT2D eigenvalue weighted by atomic mass is 9.96. The second kappa shape index (κ2) is 13.1. The van der Waals surface area contributed by atoms with Gasteiger partial charge in [0, 0.05) is 17.0 Å². The number of rotatable bonds is 7. The first-order valence-electron chi connectivity index (χ1n) is 14.9. The summed E-state index contributed by atoms with van der Waals surface area (Å²) in [5.74, 6) is -1.57. The lowest BCUT2D eigenvalue weighted by Crippen LogP contribution is -2.37. The van der Waals surface area contributed by atoms with E-state index in [9.17, 15) is 22.8 Å². The number of halogens is 1. The number of benzene rings is 2. The van der Waals surface area contributed by atoms with E-state index >= 15 is 0 Å². The van der Waals surface area contributed by atoms with Crippen LogP contribution in [-0.2, 0) is 35.4 Å². The van der Waals surface area contributed by atoms with Crippen molar-refractivity contribution in [3.8, 4) is 11.3 Å². The lowest BCUT2D eigenvalue weighted by Gasteiger charge is -2.26. The summed E-state index contributed by atoms with van der Waals surface area (Å²) in [6.07, 6.45) is 2.85. The number of aromatic nitrogens is 1. The van der Waals surface area contributed by atoms with E-state index in [1.54, 1.807) is 65.8 Å². The number of nitrogens with one attached hydrogen (secondary N) is 1. The predicted molar refractivity (Wildman–Crippen MR) is 172 cm³/mol. The van der Waals surface area contributed by atoms with E-state index in [1.165, 1.54) is 23.8 Å². The Morgan fingerprint density at radius 3 is 2.16 bits per heavy atom. The Morgan fingerprint density at radius 2 is 1.56 bits per heavy atom. The van der Waals surface area contributed by atoms with Gasteiger partial charge >= 0.3 is 18.0 Å². The molecule has 0 amide bonds. The average Bonchev–Trinajstić information content (AvgIpc) is 3.25. The topological polar surface area (TPSA) is 130 Å². The van der Waals surface area contributed by atoms with Gasteiger partial charge < -0.3 is 14.2 Å². The van der Waals surface area contributed by atoms with Gasteiger partial charge in [-0.25, -0.2) is 27.3 Å². The first-order valence-corrected chi connectivity index (χ1v) is 16.8. The van der Waals surface area contributed by atoms with Crippen molar-refractivity contribution < 1.29 is 37.0 Å². The van der Waals surface area contributed by atoms with Crippen molar-refractivity contribution in [2.24, 2.45) is 0 Å². The number of sulfonamides is 1. The molecule has 1 heterocycles. The third-order valence-electron chi connectivity index (χ3n) is 7.27. The molecular weight excluding hydrogens is 620 g/mol. The summed E-state index contributed by atoms with van der Waals surface area (Å²) in [5.41, 5.74) is -1.55. The predicted octanol–water partition coefficient (Wildman–Crippen LogP) is 7.03. The van der Waals surface area contributed by atoms with E-state index in [1.807, 2.05) is 0 Å². The van der Waals surface area contributed by atoms with Crippen LogP contribution in [0, 0.1) is 0 Å². The fourth-order valence-electron chi connectivity index (χ4n) is 5.52. The van der Waals surface area contributed by atoms with Gasteiger partial charge in [-0.05, 0) is 78.1 Å². The SMILES string of the molecule is COC(=O)Cc1c(-c2ccc(Cl)c(C(=O)OC(C)(C)C)c2S(=O)(=O)NC2CCCCC2)n(C(=O)OC(C)(C)C)c2ccccc12. The van der Waals surface area contributed by atoms with Crippen LogP contribution in [0.4, 0.5) is 4.79 Å². The quantitative estimate of drug-likeness (QED) is 0.211. The Morgan fingerprint density at radius 1 is 0.933 bits per heavy atom. The summed E-state index contributed by atoms with van der Waals surface area (Å²) >= 11 is 6.61. The molecule has 244 valence electrons. The van der Waals surface area contributed by atoms with E-state index in [0.29, 0.717) is 29.3 Å². The molecule has 12 heteroatoms. The van der Waals surface area contributed by atoms with Crippen molar-refractivity contribution in [1.82, 2.24) is 9.29 Å². The highest BCUT2D eigenvalue weighted by Crippen LogP contribution is 2.42. The minimum atomic E-state index is -4.48. The largest absolute Gasteiger partial charge is 0.469 e. The molecule has 1 aliphatic carbocycles. The minimum Gasteiger partial charge on any atom is -0.469 e. The zero-order valence-electron chi connectivity index (χ0n) is 26.8. The maximum Gasteiger partial charge on any atom is 0.419 e. The van der Waals surface area contributed by atoms with Gasteiger partial charge in [0.25, 0.3) is 0 Å². The molecule has 0 unspecified atom stereocenters. The maximum atomic E-state index is 14.5. The first-order chi connectivity index (χ1) is 20.9. The van der Waals surface area contributed by atoms with Crippen LogP contribution in [-0.4, -0.2) is 55.4 Å². The van der Waals surface area contributed by atoms with Crippen molar-refractivity contribution in [3.63, 3.8) is 0 Å². The fraction of sp³-hybridized carbons (Fsp3) is 0.485. The minimum absolute atomic E-state index is 0.0236. The van der Waals surface area contributed by atoms with E-state index in [-0.39, 0.29) is 34.3 Å². The Balaban J connectivity index is 2.15. The second-order valence-electron chi connectivity index (χ2n) is 13.2. The summed E-state index contributed by atoms with van der Waals surface area (Å²) in [6, 6.07) is 9.29. The number of para-hydroxylation sites is 1. The molecule has 1 saturated carbocycles. The number of methoxy groups -OCH3 is 1. The molecule has 0 atom stereocenters. The smallest absolute Gasteiger partial charge is 0.419 e. The van der Waals surface area contributed by atoms with Crippen LogP contribution >= 0.6 is 11.6 Å². The molecule has 1 aliphatic rings. The highest BCUT2D eigenvalue weighted by atomic mass is 35.5. The Bertz CT molecular complexity index is 1730. The lowest BCUT2D eigenvalue weighted by molar-refractivity contribution is -0.139. The third-order valence-corrected chi connectivity index (χ3v) is 9.19. The van der Waals surface area contributed by atoms with Crippen molar-refractivity contribution in [3.05, 3.63) is 52.5 Å². The van der Waals surface area contributed by atoms with Crippen molar-refractivity contribution >= 4 is 50.6 Å². The Kier molecular flexibility index (Phi) is 10.1. The Hall–Kier alpha value is -3.41. The summed E-state index contributed by atoms with van der Waals surface area (Å²) in [6.45, 7) is 10.1. The molecule has 0 bridgehead atoms. The number of hydrogen-bond acceptors (Lipinski definition) is 8. The zero-order valence-corrected chi connectivity index (χ0v) is 28.4. The number of esters is 2. The van der Waals surface area contributed by atoms with E-state index in [0.717, 1.165) is 19.3 Å². The first kappa shape index (κ1) is 34.5. The molecule has 4 rings (SSSR count). The van der Waals surface area contributed by atoms with Gasteiger partial charge in [0.05, 0.1) is 35.3 Å². The van der Waals surface area contributed by atoms with Crippen molar-refractivity contribution in [2.75, 3.05) is 7.11 Å². The van der Waals surface area contributed by atoms with Crippen LogP contribution in [0.15, 0.2) is 41.3 Å². The summed E-state index contributed by atoms with van der Waals surface area (Å²) < 4.78 is 49.4. The molecule has 0 spiro atoms. The number of ether oxygens (including phenoxy) is 3. The molecule has 0 aliphatic heterocycles. The van der Waals surface area contributed by atoms with Crippen LogP contribution < -0.4 is 4.72 Å². The number of hydrogen-bond donors (Lipinski definition) is 1. The van der Waals surface area contributed by atoms with Crippen LogP contribution in [0.1, 0.15) is 89.6 Å². The molecule has 0 saturated heterocycles. The number of carbonyl (C=O) groups excluding carboxylic acids is 3. The molecule has 10 nitrogen and oxygen atoms in total. The van der Waals surface area contributed by atoms with Crippen LogP contribution in [0.25, 0.3) is 22.2 Å². The maximum absolute atomic E-state index is 14.5. The Labute approximate surface area is 269 Å². The normalized spacial score (nSPS) is 14.8. The van der Waals surface area contributed by atoms with E-state index in [4.69, 9.17) is 25.8 Å². The van der Waals surface area contributed by atoms with Crippen molar-refractivity contribution in [1.29, 1.82) is 0 Å². The fourth-order valence-corrected chi connectivity index (χ4v) is 7.52. The molecule has 1 fully saturated rings. The van der Waals surface area contributed by atoms with Gasteiger partial charge in [-0.2, -0.15) is 0 Å². The highest BCUT2D eigenvalue weighted by Gasteiger charge is 2.37. The highest BCUT2D eigenvalue weighted by molar-refractivity contribution is 7.89. The van der Waals surface area contributed by atoms with Gasteiger partial charge in [-0.3, -0.25) is 4.79 Å². The molecule has 2 aromatic carbocycles. The number of fused-ring (bicyclic) bond motifs is 1. The second-order valence-corrected chi connectivity index (χ2v) is 15.2. The van der Waals surface area contributed by atoms with E-state index in [2.05, 4.69) is 4.72 Å². The molecule has 1 N–H and O–H groups in total. The third kappa shape index (κ3) is 7.88. The van der Waals surface area contributed by atoms with Gasteiger partial charge in [-0.1, -0.05) is 49.1 Å². The molecule has 45 heavy (non-hydrogen) atoms. The standard InChI is InChI=1S/C33H41ClN2O8S/c1-32(2,3)43-30(38)27-24(34)18-17-22(29(27)45(40,41)35-20-13-9-8-10-14-20)28-23(19-26(37)42-7)21-15-11-12-16-25(21)36(28)31(39)44-33(4,5)6/h11-12,15-18,20,35H,8-10,13-14,19H2,1-7H3. The van der Waals surface area contributed by atoms with Crippen LogP contribution in [0.5, 0.6) is 0 Å². The van der Waals surface area contributed by atoms with Crippen LogP contribution in [0.2, 0.25) is 5.02 Å². The van der Waals surface area contributed by atoms with Crippen LogP contribution in [0.3, 0.4) is 0 Å². The average molecular weight is 661 g/mol. The summed E-state index contributed by atoms with van der Waals surface area (Å²) in [4.78, 5) is 40.0. The van der Waals surface area contributed by atoms with Gasteiger partial charge in [0.2, 0.25) is 10.0 Å². The monoisotopic (exact) mass is 660 g/mol. The molecule has 3 aromatic rings. The summed E-state index contributed by atoms with van der Waals surface area (Å²) in [5, 5.41) is 0.354. The number of carbonyl (C=O) groups is 3. The van der Waals surface area contributed by atoms with Gasteiger partial charge in [0.15, 0.2) is 0 Å². The van der Waals surface area contributed by atoms with Crippen molar-refractivity contribution in [2.45, 2.75) is 102 Å². The van der Waals surface area contributed by atoms with Gasteiger partial charge in [0.1, 0.15) is 16.1 Å². The molecule has 0 radical (unpaired) electrons. The van der Waals surface area contributed by atoms with Gasteiger partial charge in [-0.15, -0.1) is 0 Å². The molecular formula is C33H41ClN2O8S. The number of nitrogens with zero attached hydrogens (tertiary/aromatic N) is 1. The zero-order chi connectivity index (χ0) is 33.3.